The molecule has 0 fully saturated rings. The average molecular weight is 583 g/mol. The van der Waals surface area contributed by atoms with E-state index in [2.05, 4.69) is 45.2 Å². The Morgan fingerprint density at radius 2 is 1.33 bits per heavy atom. The van der Waals surface area contributed by atoms with E-state index >= 15 is 0 Å². The number of pyridine rings is 1. The van der Waals surface area contributed by atoms with Crippen molar-refractivity contribution in [2.75, 3.05) is 26.2 Å². The number of aliphatic hydroxyl groups excluding tert-OH is 1. The van der Waals surface area contributed by atoms with E-state index in [0.29, 0.717) is 18.8 Å². The molecule has 0 aliphatic carbocycles. The molecule has 226 valence electrons. The van der Waals surface area contributed by atoms with Crippen LogP contribution in [0.15, 0.2) is 97.2 Å². The molecule has 3 aromatic carbocycles. The molecule has 1 atom stereocenters. The van der Waals surface area contributed by atoms with Gasteiger partial charge in [-0.05, 0) is 73.9 Å². The van der Waals surface area contributed by atoms with Gasteiger partial charge in [0, 0.05) is 31.2 Å². The lowest BCUT2D eigenvalue weighted by Crippen LogP contribution is -2.55. The minimum absolute atomic E-state index is 0.00403. The van der Waals surface area contributed by atoms with E-state index in [1.807, 2.05) is 66.7 Å². The second kappa shape index (κ2) is 17.6. The third-order valence-corrected chi connectivity index (χ3v) is 7.19. The van der Waals surface area contributed by atoms with Crippen molar-refractivity contribution in [1.82, 2.24) is 20.9 Å². The lowest BCUT2D eigenvalue weighted by Gasteiger charge is -2.20. The van der Waals surface area contributed by atoms with Gasteiger partial charge in [0.15, 0.2) is 6.04 Å². The Bertz CT molecular complexity index is 1330. The summed E-state index contributed by atoms with van der Waals surface area (Å²) < 4.78 is 5.86. The van der Waals surface area contributed by atoms with Crippen molar-refractivity contribution in [3.8, 4) is 5.75 Å². The Kier molecular flexibility index (Phi) is 13.0. The van der Waals surface area contributed by atoms with E-state index in [0.717, 1.165) is 49.4 Å². The molecule has 8 heteroatoms. The van der Waals surface area contributed by atoms with Gasteiger partial charge >= 0.3 is 0 Å². The number of rotatable bonds is 18. The van der Waals surface area contributed by atoms with Crippen LogP contribution in [0.3, 0.4) is 0 Å². The van der Waals surface area contributed by atoms with Crippen molar-refractivity contribution in [2.24, 2.45) is 0 Å². The zero-order valence-corrected chi connectivity index (χ0v) is 24.6. The number of aromatic nitrogens is 1. The number of ether oxygens (including phenoxy) is 1. The van der Waals surface area contributed by atoms with Crippen LogP contribution in [-0.4, -0.2) is 60.3 Å². The molecule has 2 amide bonds. The molecule has 0 spiro atoms. The Labute approximate surface area is 253 Å². The van der Waals surface area contributed by atoms with Gasteiger partial charge in [0.25, 0.3) is 0 Å². The number of amides is 2. The molecule has 0 aliphatic heterocycles. The van der Waals surface area contributed by atoms with E-state index in [-0.39, 0.29) is 13.2 Å². The predicted molar refractivity (Wildman–Crippen MR) is 170 cm³/mol. The van der Waals surface area contributed by atoms with Gasteiger partial charge in [0.05, 0.1) is 5.52 Å². The van der Waals surface area contributed by atoms with Gasteiger partial charge in [-0.15, -0.1) is 0 Å². The summed E-state index contributed by atoms with van der Waals surface area (Å²) in [5, 5.41) is 20.2. The molecule has 1 aromatic heterocycles. The summed E-state index contributed by atoms with van der Waals surface area (Å²) in [6.45, 7) is 0.941. The van der Waals surface area contributed by atoms with Crippen LogP contribution < -0.4 is 20.7 Å². The first-order chi connectivity index (χ1) is 21.1. The molecule has 4 rings (SSSR count). The smallest absolute Gasteiger partial charge is 0.246 e. The molecular weight excluding hydrogens is 540 g/mol. The van der Waals surface area contributed by atoms with Crippen LogP contribution in [0.25, 0.3) is 10.9 Å². The van der Waals surface area contributed by atoms with Gasteiger partial charge in [-0.1, -0.05) is 66.7 Å². The molecular formula is C35H42N4O4. The van der Waals surface area contributed by atoms with Crippen LogP contribution in [0, 0.1) is 0 Å². The molecule has 0 radical (unpaired) electrons. The zero-order chi connectivity index (χ0) is 30.1. The van der Waals surface area contributed by atoms with Crippen molar-refractivity contribution < 1.29 is 19.4 Å². The molecule has 0 saturated heterocycles. The van der Waals surface area contributed by atoms with Crippen LogP contribution in [-0.2, 0) is 22.4 Å². The summed E-state index contributed by atoms with van der Waals surface area (Å²) in [7, 11) is 0. The Hall–Kier alpha value is -4.27. The van der Waals surface area contributed by atoms with Gasteiger partial charge in [-0.25, -0.2) is 0 Å². The topological polar surface area (TPSA) is 113 Å². The molecule has 0 bridgehead atoms. The summed E-state index contributed by atoms with van der Waals surface area (Å²) in [5.74, 6) is -0.202. The van der Waals surface area contributed by atoms with Crippen molar-refractivity contribution in [3.63, 3.8) is 0 Å². The standard InChI is InChI=1S/C35H42N4O4/c40-29(26-43-32-21-11-20-31-30(32)19-12-24-36-31)25-39-33(34(41)37-22-9-7-17-27-13-3-1-4-14-27)35(42)38-23-10-8-18-28-15-5-2-6-16-28/h1-6,11-16,19-21,24,29,33,39-40H,7-10,17-18,22-23,25-26H2,(H,37,41)(H,38,42). The van der Waals surface area contributed by atoms with E-state index in [4.69, 9.17) is 4.74 Å². The maximum Gasteiger partial charge on any atom is 0.246 e. The predicted octanol–water partition coefficient (Wildman–Crippen LogP) is 4.21. The van der Waals surface area contributed by atoms with Gasteiger partial charge in [0.1, 0.15) is 18.5 Å². The first kappa shape index (κ1) is 31.7. The molecule has 43 heavy (non-hydrogen) atoms. The zero-order valence-electron chi connectivity index (χ0n) is 24.6. The first-order valence-corrected chi connectivity index (χ1v) is 15.1. The number of nitrogens with one attached hydrogen (secondary N) is 3. The monoisotopic (exact) mass is 582 g/mol. The molecule has 0 saturated carbocycles. The van der Waals surface area contributed by atoms with E-state index in [1.165, 1.54) is 11.1 Å². The number of hydrogen-bond acceptors (Lipinski definition) is 6. The second-order valence-electron chi connectivity index (χ2n) is 10.6. The summed E-state index contributed by atoms with van der Waals surface area (Å²) >= 11 is 0. The second-order valence-corrected chi connectivity index (χ2v) is 10.6. The fourth-order valence-corrected chi connectivity index (χ4v) is 4.83. The maximum absolute atomic E-state index is 13.1. The lowest BCUT2D eigenvalue weighted by atomic mass is 10.1. The number of benzene rings is 3. The third-order valence-electron chi connectivity index (χ3n) is 7.19. The third kappa shape index (κ3) is 10.8. The summed E-state index contributed by atoms with van der Waals surface area (Å²) in [4.78, 5) is 30.5. The van der Waals surface area contributed by atoms with Gasteiger partial charge in [0.2, 0.25) is 11.8 Å². The van der Waals surface area contributed by atoms with Gasteiger partial charge in [-0.2, -0.15) is 0 Å². The van der Waals surface area contributed by atoms with E-state index in [9.17, 15) is 14.7 Å². The van der Waals surface area contributed by atoms with Crippen LogP contribution in [0.5, 0.6) is 5.75 Å². The molecule has 8 nitrogen and oxygen atoms in total. The normalized spacial score (nSPS) is 11.8. The highest BCUT2D eigenvalue weighted by Gasteiger charge is 2.26. The van der Waals surface area contributed by atoms with E-state index in [1.54, 1.807) is 6.20 Å². The number of unbranched alkanes of at least 4 members (excludes halogenated alkanes) is 2. The van der Waals surface area contributed by atoms with Crippen molar-refractivity contribution >= 4 is 22.7 Å². The SMILES string of the molecule is O=C(NCCCCc1ccccc1)C(NCC(O)COc1cccc2ncccc12)C(=O)NCCCCc1ccccc1. The number of aliphatic hydroxyl groups is 1. The van der Waals surface area contributed by atoms with E-state index < -0.39 is 24.0 Å². The summed E-state index contributed by atoms with van der Waals surface area (Å²) in [5.41, 5.74) is 3.32. The van der Waals surface area contributed by atoms with Crippen LogP contribution in [0.2, 0.25) is 0 Å². The average Bonchev–Trinajstić information content (AvgIpc) is 3.04. The van der Waals surface area contributed by atoms with Crippen LogP contribution in [0.4, 0.5) is 0 Å². The Balaban J connectivity index is 1.24. The number of carbonyl (C=O) groups is 2. The number of fused-ring (bicyclic) bond motifs is 1. The number of hydrogen-bond donors (Lipinski definition) is 4. The lowest BCUT2D eigenvalue weighted by molar-refractivity contribution is -0.132. The summed E-state index contributed by atoms with van der Waals surface area (Å²) in [6, 6.07) is 28.6. The minimum atomic E-state index is -1.13. The van der Waals surface area contributed by atoms with Crippen molar-refractivity contribution in [3.05, 3.63) is 108 Å². The first-order valence-electron chi connectivity index (χ1n) is 15.1. The highest BCUT2D eigenvalue weighted by Crippen LogP contribution is 2.23. The highest BCUT2D eigenvalue weighted by atomic mass is 16.5. The fraction of sp³-hybridized carbons (Fsp3) is 0.343. The number of aryl methyl sites for hydroxylation is 2. The minimum Gasteiger partial charge on any atom is -0.490 e. The largest absolute Gasteiger partial charge is 0.490 e. The quantitative estimate of drug-likeness (QED) is 0.103. The summed E-state index contributed by atoms with van der Waals surface area (Å²) in [6.07, 6.45) is 6.09. The van der Waals surface area contributed by atoms with Crippen LogP contribution in [0.1, 0.15) is 36.8 Å². The molecule has 4 N–H and O–H groups in total. The van der Waals surface area contributed by atoms with Gasteiger partial charge < -0.3 is 20.5 Å². The molecule has 0 aliphatic rings. The maximum atomic E-state index is 13.1. The Morgan fingerprint density at radius 3 is 1.93 bits per heavy atom. The molecule has 1 heterocycles. The fourth-order valence-electron chi connectivity index (χ4n) is 4.83. The molecule has 4 aromatic rings. The molecule has 1 unspecified atom stereocenters. The highest BCUT2D eigenvalue weighted by molar-refractivity contribution is 6.04. The van der Waals surface area contributed by atoms with Crippen molar-refractivity contribution in [2.45, 2.75) is 50.7 Å². The van der Waals surface area contributed by atoms with Crippen LogP contribution >= 0.6 is 0 Å². The van der Waals surface area contributed by atoms with Gasteiger partial charge in [-0.3, -0.25) is 19.9 Å². The number of carbonyl (C=O) groups excluding carboxylic acids is 2. The Morgan fingerprint density at radius 1 is 0.721 bits per heavy atom. The number of nitrogens with zero attached hydrogens (tertiary/aromatic N) is 1. The van der Waals surface area contributed by atoms with Crippen molar-refractivity contribution in [1.29, 1.82) is 0 Å².